The van der Waals surface area contributed by atoms with Crippen LogP contribution in [0.4, 0.5) is 0 Å². The summed E-state index contributed by atoms with van der Waals surface area (Å²) in [6.45, 7) is 4.60. The number of aryl methyl sites for hydroxylation is 2. The SMILES string of the molecule is CCCCCCCCCCCCc1ccc2cc(CCCCCCCCCCCC)ccc2c1. The highest BCUT2D eigenvalue weighted by atomic mass is 14.1. The Morgan fingerprint density at radius 3 is 0.971 bits per heavy atom. The van der Waals surface area contributed by atoms with Gasteiger partial charge in [-0.15, -0.1) is 0 Å². The van der Waals surface area contributed by atoms with Gasteiger partial charge in [-0.05, 0) is 47.6 Å². The molecule has 0 amide bonds. The minimum atomic E-state index is 1.24. The number of hydrogen-bond acceptors (Lipinski definition) is 0. The molecule has 0 heterocycles. The van der Waals surface area contributed by atoms with Gasteiger partial charge in [-0.2, -0.15) is 0 Å². The Bertz CT molecular complexity index is 665. The van der Waals surface area contributed by atoms with E-state index in [2.05, 4.69) is 50.2 Å². The van der Waals surface area contributed by atoms with Crippen LogP contribution in [0, 0.1) is 0 Å². The molecule has 192 valence electrons. The maximum atomic E-state index is 2.44. The highest BCUT2D eigenvalue weighted by Gasteiger charge is 2.01. The van der Waals surface area contributed by atoms with E-state index in [9.17, 15) is 0 Å². The van der Waals surface area contributed by atoms with Crippen molar-refractivity contribution in [2.24, 2.45) is 0 Å². The van der Waals surface area contributed by atoms with Crippen LogP contribution in [0.15, 0.2) is 36.4 Å². The standard InChI is InChI=1S/C34H56/c1-3-5-7-9-11-13-15-17-19-21-23-31-25-27-34-30-32(26-28-33(34)29-31)24-22-20-18-16-14-12-10-8-6-4-2/h25-30H,3-24H2,1-2H3. The largest absolute Gasteiger partial charge is 0.0654 e. The van der Waals surface area contributed by atoms with Crippen molar-refractivity contribution in [2.45, 2.75) is 155 Å². The van der Waals surface area contributed by atoms with E-state index in [0.717, 1.165) is 0 Å². The molecule has 0 bridgehead atoms. The van der Waals surface area contributed by atoms with Crippen molar-refractivity contribution in [1.82, 2.24) is 0 Å². The highest BCUT2D eigenvalue weighted by Crippen LogP contribution is 2.21. The number of benzene rings is 2. The third-order valence-corrected chi connectivity index (χ3v) is 7.61. The van der Waals surface area contributed by atoms with Crippen LogP contribution in [0.2, 0.25) is 0 Å². The molecule has 0 saturated heterocycles. The lowest BCUT2D eigenvalue weighted by molar-refractivity contribution is 0.556. The Labute approximate surface area is 213 Å². The molecule has 0 saturated carbocycles. The molecular weight excluding hydrogens is 408 g/mol. The number of unbranched alkanes of at least 4 members (excludes halogenated alkanes) is 18. The first-order valence-electron chi connectivity index (χ1n) is 15.3. The van der Waals surface area contributed by atoms with Crippen molar-refractivity contribution in [2.75, 3.05) is 0 Å². The van der Waals surface area contributed by atoms with Gasteiger partial charge in [0.1, 0.15) is 0 Å². The molecule has 34 heavy (non-hydrogen) atoms. The average molecular weight is 465 g/mol. The summed E-state index contributed by atoms with van der Waals surface area (Å²) in [5.41, 5.74) is 3.05. The van der Waals surface area contributed by atoms with Gasteiger partial charge in [0.15, 0.2) is 0 Å². The summed E-state index contributed by atoms with van der Waals surface area (Å²) < 4.78 is 0. The van der Waals surface area contributed by atoms with Gasteiger partial charge in [0.05, 0.1) is 0 Å². The van der Waals surface area contributed by atoms with E-state index in [-0.39, 0.29) is 0 Å². The first kappa shape index (κ1) is 28.9. The molecule has 0 aliphatic heterocycles. The molecule has 0 atom stereocenters. The summed E-state index contributed by atoms with van der Waals surface area (Å²) >= 11 is 0. The molecule has 0 aliphatic carbocycles. The fourth-order valence-corrected chi connectivity index (χ4v) is 5.29. The predicted octanol–water partition coefficient (Wildman–Crippen LogP) is 11.8. The van der Waals surface area contributed by atoms with Crippen LogP contribution in [0.25, 0.3) is 10.8 Å². The molecule has 0 nitrogen and oxygen atoms in total. The van der Waals surface area contributed by atoms with E-state index in [0.29, 0.717) is 0 Å². The molecule has 2 aromatic carbocycles. The molecular formula is C34H56. The van der Waals surface area contributed by atoms with E-state index in [1.807, 2.05) is 0 Å². The normalized spacial score (nSPS) is 11.5. The van der Waals surface area contributed by atoms with Gasteiger partial charge in [-0.1, -0.05) is 166 Å². The van der Waals surface area contributed by atoms with Crippen molar-refractivity contribution in [1.29, 1.82) is 0 Å². The Morgan fingerprint density at radius 2 is 0.647 bits per heavy atom. The number of rotatable bonds is 22. The van der Waals surface area contributed by atoms with Crippen molar-refractivity contribution >= 4 is 10.8 Å². The van der Waals surface area contributed by atoms with Crippen molar-refractivity contribution in [3.63, 3.8) is 0 Å². The van der Waals surface area contributed by atoms with Crippen molar-refractivity contribution in [3.8, 4) is 0 Å². The Kier molecular flexibility index (Phi) is 17.0. The van der Waals surface area contributed by atoms with Gasteiger partial charge in [0.25, 0.3) is 0 Å². The van der Waals surface area contributed by atoms with E-state index in [1.165, 1.54) is 163 Å². The Balaban J connectivity index is 1.55. The number of hydrogen-bond donors (Lipinski definition) is 0. The Hall–Kier alpha value is -1.30. The first-order chi connectivity index (χ1) is 16.8. The molecule has 0 radical (unpaired) electrons. The minimum absolute atomic E-state index is 1.24. The average Bonchev–Trinajstić information content (AvgIpc) is 2.86. The summed E-state index contributed by atoms with van der Waals surface area (Å²) in [7, 11) is 0. The fourth-order valence-electron chi connectivity index (χ4n) is 5.29. The maximum Gasteiger partial charge on any atom is -0.0181 e. The van der Waals surface area contributed by atoms with Gasteiger partial charge in [0.2, 0.25) is 0 Å². The second-order valence-electron chi connectivity index (χ2n) is 10.9. The lowest BCUT2D eigenvalue weighted by Crippen LogP contribution is -1.89. The predicted molar refractivity (Wildman–Crippen MR) is 155 cm³/mol. The molecule has 2 aromatic rings. The summed E-state index contributed by atoms with van der Waals surface area (Å²) in [4.78, 5) is 0. The molecule has 2 rings (SSSR count). The summed E-state index contributed by atoms with van der Waals surface area (Å²) in [5.74, 6) is 0. The summed E-state index contributed by atoms with van der Waals surface area (Å²) in [6, 6.07) is 14.4. The highest BCUT2D eigenvalue weighted by molar-refractivity contribution is 5.83. The van der Waals surface area contributed by atoms with Gasteiger partial charge >= 0.3 is 0 Å². The third kappa shape index (κ3) is 13.6. The van der Waals surface area contributed by atoms with Crippen LogP contribution >= 0.6 is 0 Å². The lowest BCUT2D eigenvalue weighted by Gasteiger charge is -2.07. The van der Waals surface area contributed by atoms with Gasteiger partial charge in [-0.25, -0.2) is 0 Å². The van der Waals surface area contributed by atoms with Gasteiger partial charge < -0.3 is 0 Å². The first-order valence-corrected chi connectivity index (χ1v) is 15.3. The van der Waals surface area contributed by atoms with Crippen LogP contribution < -0.4 is 0 Å². The fraction of sp³-hybridized carbons (Fsp3) is 0.706. The van der Waals surface area contributed by atoms with Crippen molar-refractivity contribution < 1.29 is 0 Å². The molecule has 0 N–H and O–H groups in total. The van der Waals surface area contributed by atoms with Crippen LogP contribution in [0.3, 0.4) is 0 Å². The molecule has 0 heteroatoms. The topological polar surface area (TPSA) is 0 Å². The van der Waals surface area contributed by atoms with Crippen molar-refractivity contribution in [3.05, 3.63) is 47.5 Å². The quantitative estimate of drug-likeness (QED) is 0.152. The summed E-state index contributed by atoms with van der Waals surface area (Å²) in [5, 5.41) is 2.85. The van der Waals surface area contributed by atoms with Gasteiger partial charge in [0, 0.05) is 0 Å². The molecule has 0 fully saturated rings. The van der Waals surface area contributed by atoms with E-state index in [4.69, 9.17) is 0 Å². The van der Waals surface area contributed by atoms with Crippen LogP contribution in [0.5, 0.6) is 0 Å². The monoisotopic (exact) mass is 464 g/mol. The zero-order valence-corrected chi connectivity index (χ0v) is 23.0. The number of fused-ring (bicyclic) bond motifs is 1. The minimum Gasteiger partial charge on any atom is -0.0654 e. The molecule has 0 unspecified atom stereocenters. The lowest BCUT2D eigenvalue weighted by atomic mass is 9.98. The zero-order valence-electron chi connectivity index (χ0n) is 23.0. The maximum absolute atomic E-state index is 2.44. The van der Waals surface area contributed by atoms with Crippen LogP contribution in [0.1, 0.15) is 153 Å². The zero-order chi connectivity index (χ0) is 24.1. The van der Waals surface area contributed by atoms with E-state index in [1.54, 1.807) is 0 Å². The Morgan fingerprint density at radius 1 is 0.353 bits per heavy atom. The van der Waals surface area contributed by atoms with Gasteiger partial charge in [-0.3, -0.25) is 0 Å². The summed E-state index contributed by atoms with van der Waals surface area (Å²) in [6.07, 6.45) is 30.8. The second kappa shape index (κ2) is 19.9. The van der Waals surface area contributed by atoms with Crippen LogP contribution in [-0.4, -0.2) is 0 Å². The molecule has 0 spiro atoms. The van der Waals surface area contributed by atoms with E-state index >= 15 is 0 Å². The molecule has 0 aromatic heterocycles. The smallest absolute Gasteiger partial charge is 0.0181 e. The van der Waals surface area contributed by atoms with Crippen LogP contribution in [-0.2, 0) is 12.8 Å². The second-order valence-corrected chi connectivity index (χ2v) is 10.9. The molecule has 0 aliphatic rings. The third-order valence-electron chi connectivity index (χ3n) is 7.61. The van der Waals surface area contributed by atoms with E-state index < -0.39 is 0 Å².